The lowest BCUT2D eigenvalue weighted by Gasteiger charge is -2.12. The summed E-state index contributed by atoms with van der Waals surface area (Å²) in [6.45, 7) is 1.28. The first-order valence-corrected chi connectivity index (χ1v) is 9.81. The summed E-state index contributed by atoms with van der Waals surface area (Å²) in [5.74, 6) is -1.24. The molecule has 0 radical (unpaired) electrons. The molecule has 1 amide bonds. The monoisotopic (exact) mass is 475 g/mol. The van der Waals surface area contributed by atoms with Crippen LogP contribution in [0.2, 0.25) is 0 Å². The van der Waals surface area contributed by atoms with Crippen molar-refractivity contribution in [1.82, 2.24) is 15.1 Å². The van der Waals surface area contributed by atoms with Gasteiger partial charge in [0.15, 0.2) is 6.10 Å². The summed E-state index contributed by atoms with van der Waals surface area (Å²) in [7, 11) is 1.23. The molecule has 1 unspecified atom stereocenters. The molecular formula is C21H19BrFN3O4. The number of hydrogen-bond acceptors (Lipinski definition) is 5. The Morgan fingerprint density at radius 2 is 1.83 bits per heavy atom. The number of aromatic nitrogens is 2. The number of nitrogens with zero attached hydrogens (tertiary/aromatic N) is 2. The Morgan fingerprint density at radius 1 is 1.17 bits per heavy atom. The van der Waals surface area contributed by atoms with Gasteiger partial charge >= 0.3 is 5.97 Å². The first kappa shape index (κ1) is 21.5. The predicted molar refractivity (Wildman–Crippen MR) is 112 cm³/mol. The van der Waals surface area contributed by atoms with Crippen molar-refractivity contribution < 1.29 is 23.5 Å². The Morgan fingerprint density at radius 3 is 2.47 bits per heavy atom. The van der Waals surface area contributed by atoms with Crippen LogP contribution < -0.4 is 10.1 Å². The van der Waals surface area contributed by atoms with E-state index in [-0.39, 0.29) is 18.2 Å². The van der Waals surface area contributed by atoms with E-state index in [2.05, 4.69) is 31.1 Å². The molecule has 9 heteroatoms. The van der Waals surface area contributed by atoms with Crippen LogP contribution >= 0.6 is 15.9 Å². The second-order valence-corrected chi connectivity index (χ2v) is 7.07. The van der Waals surface area contributed by atoms with Gasteiger partial charge in [-0.25, -0.2) is 9.07 Å². The van der Waals surface area contributed by atoms with Crippen LogP contribution in [0, 0.1) is 5.82 Å². The van der Waals surface area contributed by atoms with Crippen molar-refractivity contribution >= 4 is 27.8 Å². The highest BCUT2D eigenvalue weighted by molar-refractivity contribution is 9.10. The van der Waals surface area contributed by atoms with Gasteiger partial charge in [0.25, 0.3) is 5.91 Å². The van der Waals surface area contributed by atoms with Gasteiger partial charge in [-0.05, 0) is 59.3 Å². The fourth-order valence-corrected chi connectivity index (χ4v) is 3.23. The summed E-state index contributed by atoms with van der Waals surface area (Å²) >= 11 is 3.50. The van der Waals surface area contributed by atoms with Gasteiger partial charge in [-0.2, -0.15) is 0 Å². The zero-order valence-corrected chi connectivity index (χ0v) is 17.8. The van der Waals surface area contributed by atoms with Crippen molar-refractivity contribution in [3.8, 4) is 22.8 Å². The van der Waals surface area contributed by atoms with Crippen LogP contribution in [0.25, 0.3) is 16.9 Å². The zero-order chi connectivity index (χ0) is 21.7. The molecule has 0 saturated heterocycles. The van der Waals surface area contributed by atoms with Crippen LogP contribution in [0.1, 0.15) is 6.92 Å². The van der Waals surface area contributed by atoms with E-state index in [1.807, 2.05) is 30.3 Å². The Balaban J connectivity index is 1.93. The molecule has 2 aromatic carbocycles. The highest BCUT2D eigenvalue weighted by Crippen LogP contribution is 2.37. The average Bonchev–Trinajstić information content (AvgIpc) is 3.08. The Bertz CT molecular complexity index is 1040. The van der Waals surface area contributed by atoms with Crippen molar-refractivity contribution in [3.63, 3.8) is 0 Å². The largest absolute Gasteiger partial charge is 0.468 e. The van der Waals surface area contributed by atoms with Gasteiger partial charge in [0.1, 0.15) is 16.8 Å². The molecular weight excluding hydrogens is 457 g/mol. The molecule has 1 atom stereocenters. The van der Waals surface area contributed by atoms with Crippen LogP contribution in [-0.4, -0.2) is 41.4 Å². The van der Waals surface area contributed by atoms with E-state index in [1.165, 1.54) is 26.2 Å². The van der Waals surface area contributed by atoms with Crippen LogP contribution in [0.4, 0.5) is 4.39 Å². The van der Waals surface area contributed by atoms with Crippen molar-refractivity contribution in [1.29, 1.82) is 0 Å². The van der Waals surface area contributed by atoms with E-state index in [4.69, 9.17) is 4.74 Å². The number of carbonyl (C=O) groups excluding carboxylic acids is 2. The summed E-state index contributed by atoms with van der Waals surface area (Å²) in [6.07, 6.45) is -0.925. The van der Waals surface area contributed by atoms with Crippen molar-refractivity contribution in [2.24, 2.45) is 0 Å². The molecule has 156 valence electrons. The number of amides is 1. The lowest BCUT2D eigenvalue weighted by Crippen LogP contribution is -2.39. The number of rotatable bonds is 7. The average molecular weight is 476 g/mol. The Hall–Kier alpha value is -3.20. The number of nitrogens with one attached hydrogen (secondary N) is 1. The summed E-state index contributed by atoms with van der Waals surface area (Å²) < 4.78 is 25.8. The molecule has 0 aliphatic heterocycles. The van der Waals surface area contributed by atoms with E-state index in [1.54, 1.807) is 16.8 Å². The molecule has 7 nitrogen and oxygen atoms in total. The van der Waals surface area contributed by atoms with Crippen LogP contribution in [0.5, 0.6) is 5.88 Å². The first-order valence-electron chi connectivity index (χ1n) is 9.01. The number of carbonyl (C=O) groups is 2. The summed E-state index contributed by atoms with van der Waals surface area (Å²) in [5, 5.41) is 6.93. The zero-order valence-electron chi connectivity index (χ0n) is 16.3. The molecule has 0 saturated carbocycles. The lowest BCUT2D eigenvalue weighted by molar-refractivity contribution is -0.141. The number of para-hydroxylation sites is 1. The predicted octanol–water partition coefficient (Wildman–Crippen LogP) is 3.50. The van der Waals surface area contributed by atoms with Crippen molar-refractivity contribution in [2.75, 3.05) is 13.7 Å². The van der Waals surface area contributed by atoms with Gasteiger partial charge in [0.05, 0.1) is 18.5 Å². The third kappa shape index (κ3) is 4.85. The standard InChI is InChI=1S/C21H19BrFN3O4/c1-13(20(28)24-12-17(27)29-2)30-21-18(22)19(14-8-10-15(23)11-9-14)26(25-21)16-6-4-3-5-7-16/h3-11,13H,12H2,1-2H3,(H,24,28). The molecule has 0 bridgehead atoms. The quantitative estimate of drug-likeness (QED) is 0.528. The van der Waals surface area contributed by atoms with E-state index in [9.17, 15) is 14.0 Å². The third-order valence-corrected chi connectivity index (χ3v) is 4.92. The van der Waals surface area contributed by atoms with Gasteiger partial charge in [-0.15, -0.1) is 5.10 Å². The summed E-state index contributed by atoms with van der Waals surface area (Å²) in [6, 6.07) is 15.3. The first-order chi connectivity index (χ1) is 14.4. The molecule has 1 aromatic heterocycles. The van der Waals surface area contributed by atoms with Crippen LogP contribution in [-0.2, 0) is 14.3 Å². The molecule has 1 heterocycles. The highest BCUT2D eigenvalue weighted by atomic mass is 79.9. The molecule has 30 heavy (non-hydrogen) atoms. The fraction of sp³-hybridized carbons (Fsp3) is 0.190. The second kappa shape index (κ2) is 9.53. The van der Waals surface area contributed by atoms with Gasteiger partial charge in [0, 0.05) is 5.56 Å². The van der Waals surface area contributed by atoms with Crippen molar-refractivity contribution in [2.45, 2.75) is 13.0 Å². The van der Waals surface area contributed by atoms with Gasteiger partial charge in [-0.3, -0.25) is 9.59 Å². The number of methoxy groups -OCH3 is 1. The summed E-state index contributed by atoms with van der Waals surface area (Å²) in [5.41, 5.74) is 2.10. The maximum Gasteiger partial charge on any atom is 0.325 e. The number of halogens is 2. The fourth-order valence-electron chi connectivity index (χ4n) is 2.66. The van der Waals surface area contributed by atoms with E-state index in [0.29, 0.717) is 15.7 Å². The number of hydrogen-bond donors (Lipinski definition) is 1. The second-order valence-electron chi connectivity index (χ2n) is 6.28. The normalized spacial score (nSPS) is 11.6. The minimum atomic E-state index is -0.925. The molecule has 0 aliphatic rings. The Labute approximate surface area is 180 Å². The van der Waals surface area contributed by atoms with Gasteiger partial charge < -0.3 is 14.8 Å². The highest BCUT2D eigenvalue weighted by Gasteiger charge is 2.24. The molecule has 3 rings (SSSR count). The van der Waals surface area contributed by atoms with E-state index < -0.39 is 18.0 Å². The summed E-state index contributed by atoms with van der Waals surface area (Å²) in [4.78, 5) is 23.4. The number of benzene rings is 2. The molecule has 0 aliphatic carbocycles. The Kier molecular flexibility index (Phi) is 6.83. The van der Waals surface area contributed by atoms with Crippen molar-refractivity contribution in [3.05, 3.63) is 64.9 Å². The van der Waals surface area contributed by atoms with E-state index in [0.717, 1.165) is 5.69 Å². The number of esters is 1. The van der Waals surface area contributed by atoms with E-state index >= 15 is 0 Å². The molecule has 1 N–H and O–H groups in total. The molecule has 3 aromatic rings. The maximum atomic E-state index is 13.4. The SMILES string of the molecule is COC(=O)CNC(=O)C(C)Oc1nn(-c2ccccc2)c(-c2ccc(F)cc2)c1Br. The topological polar surface area (TPSA) is 82.4 Å². The smallest absolute Gasteiger partial charge is 0.325 e. The number of ether oxygens (including phenoxy) is 2. The molecule has 0 spiro atoms. The van der Waals surface area contributed by atoms with Gasteiger partial charge in [-0.1, -0.05) is 18.2 Å². The molecule has 0 fully saturated rings. The maximum absolute atomic E-state index is 13.4. The lowest BCUT2D eigenvalue weighted by atomic mass is 10.1. The van der Waals surface area contributed by atoms with Crippen LogP contribution in [0.15, 0.2) is 59.1 Å². The minimum absolute atomic E-state index is 0.180. The minimum Gasteiger partial charge on any atom is -0.468 e. The van der Waals surface area contributed by atoms with Crippen LogP contribution in [0.3, 0.4) is 0 Å². The third-order valence-electron chi connectivity index (χ3n) is 4.21. The van der Waals surface area contributed by atoms with Gasteiger partial charge in [0.2, 0.25) is 5.88 Å².